The van der Waals surface area contributed by atoms with Gasteiger partial charge < -0.3 is 9.84 Å². The largest absolute Gasteiger partial charge is 0.398 e. The molecule has 0 aliphatic heterocycles. The summed E-state index contributed by atoms with van der Waals surface area (Å²) in [5, 5.41) is 0.801. The molecule has 0 spiro atoms. The Morgan fingerprint density at radius 1 is 1.30 bits per heavy atom. The van der Waals surface area contributed by atoms with Gasteiger partial charge in [0.25, 0.3) is 0 Å². The van der Waals surface area contributed by atoms with Crippen molar-refractivity contribution in [3.8, 4) is 0 Å². The molecule has 1 aromatic carbocycles. The lowest BCUT2D eigenvalue weighted by Gasteiger charge is -2.29. The van der Waals surface area contributed by atoms with Crippen LogP contribution in [0.25, 0.3) is 10.9 Å². The summed E-state index contributed by atoms with van der Waals surface area (Å²) in [6.07, 6.45) is 0.777. The van der Waals surface area contributed by atoms with E-state index in [1.807, 2.05) is 24.3 Å². The Hall–Kier alpha value is -1.75. The SMILES string of the molecule is C[Si](C)(F)C1CC(=O)c2c(nc3ccccc3c2N)C1. The number of ketones is 1. The van der Waals surface area contributed by atoms with Gasteiger partial charge in [0.2, 0.25) is 8.41 Å². The molecule has 0 radical (unpaired) electrons. The van der Waals surface area contributed by atoms with Crippen LogP contribution in [0.3, 0.4) is 0 Å². The first kappa shape index (κ1) is 13.2. The lowest BCUT2D eigenvalue weighted by Crippen LogP contribution is -2.34. The molecule has 1 aromatic heterocycles. The summed E-state index contributed by atoms with van der Waals surface area (Å²) in [5.74, 6) is -0.0646. The van der Waals surface area contributed by atoms with Crippen LogP contribution in [0, 0.1) is 0 Å². The summed E-state index contributed by atoms with van der Waals surface area (Å²) >= 11 is 0. The maximum atomic E-state index is 14.3. The van der Waals surface area contributed by atoms with Crippen LogP contribution in [-0.2, 0) is 6.42 Å². The van der Waals surface area contributed by atoms with Crippen molar-refractivity contribution >= 4 is 30.8 Å². The van der Waals surface area contributed by atoms with E-state index in [0.717, 1.165) is 10.9 Å². The molecule has 0 fully saturated rings. The zero-order valence-electron chi connectivity index (χ0n) is 11.6. The molecule has 1 atom stereocenters. The van der Waals surface area contributed by atoms with E-state index in [1.54, 1.807) is 13.1 Å². The van der Waals surface area contributed by atoms with E-state index < -0.39 is 8.41 Å². The Labute approximate surface area is 118 Å². The van der Waals surface area contributed by atoms with Crippen molar-refractivity contribution in [2.45, 2.75) is 31.5 Å². The molecule has 1 heterocycles. The van der Waals surface area contributed by atoms with Gasteiger partial charge in [0.05, 0.1) is 22.5 Å². The molecule has 2 N–H and O–H groups in total. The first-order valence-electron chi connectivity index (χ1n) is 6.77. The number of pyridine rings is 1. The number of nitrogens with zero attached hydrogens (tertiary/aromatic N) is 1. The highest BCUT2D eigenvalue weighted by Crippen LogP contribution is 2.39. The van der Waals surface area contributed by atoms with E-state index in [9.17, 15) is 8.90 Å². The second kappa shape index (κ2) is 4.38. The van der Waals surface area contributed by atoms with Gasteiger partial charge in [-0.2, -0.15) is 0 Å². The van der Waals surface area contributed by atoms with E-state index in [2.05, 4.69) is 4.98 Å². The lowest BCUT2D eigenvalue weighted by molar-refractivity contribution is 0.0970. The van der Waals surface area contributed by atoms with Gasteiger partial charge in [-0.15, -0.1) is 0 Å². The third-order valence-electron chi connectivity index (χ3n) is 4.13. The summed E-state index contributed by atoms with van der Waals surface area (Å²) < 4.78 is 14.3. The molecule has 2 aromatic rings. The van der Waals surface area contributed by atoms with Crippen LogP contribution in [0.2, 0.25) is 18.6 Å². The monoisotopic (exact) mass is 288 g/mol. The van der Waals surface area contributed by atoms with Crippen LogP contribution >= 0.6 is 0 Å². The van der Waals surface area contributed by atoms with Crippen molar-refractivity contribution < 1.29 is 8.90 Å². The van der Waals surface area contributed by atoms with E-state index in [4.69, 9.17) is 5.73 Å². The molecule has 1 aliphatic rings. The minimum atomic E-state index is -2.85. The number of halogens is 1. The average Bonchev–Trinajstić information content (AvgIpc) is 2.37. The minimum absolute atomic E-state index is 0.0646. The Bertz CT molecular complexity index is 709. The number of para-hydroxylation sites is 1. The fourth-order valence-corrected chi connectivity index (χ4v) is 4.22. The summed E-state index contributed by atoms with van der Waals surface area (Å²) in [6.45, 7) is 3.31. The van der Waals surface area contributed by atoms with Crippen LogP contribution in [0.15, 0.2) is 24.3 Å². The topological polar surface area (TPSA) is 56.0 Å². The predicted octanol–water partition coefficient (Wildman–Crippen LogP) is 3.49. The fraction of sp³-hybridized carbons (Fsp3) is 0.333. The molecule has 1 aliphatic carbocycles. The average molecular weight is 288 g/mol. The standard InChI is InChI=1S/C15H17FN2OSi/c1-20(2,16)9-7-12-14(13(19)8-9)15(17)10-5-3-4-6-11(10)18-12/h3-6,9H,7-8H2,1-2H3,(H2,17,18). The molecule has 0 amide bonds. The number of Topliss-reactive ketones (excluding diaryl/α,β-unsaturated/α-hetero) is 1. The predicted molar refractivity (Wildman–Crippen MR) is 81.1 cm³/mol. The number of anilines is 1. The third-order valence-corrected chi connectivity index (χ3v) is 6.48. The highest BCUT2D eigenvalue weighted by Gasteiger charge is 2.40. The zero-order valence-corrected chi connectivity index (χ0v) is 12.6. The van der Waals surface area contributed by atoms with Crippen molar-refractivity contribution in [1.29, 1.82) is 0 Å². The Morgan fingerprint density at radius 3 is 2.70 bits per heavy atom. The van der Waals surface area contributed by atoms with Crippen LogP contribution in [0.4, 0.5) is 9.80 Å². The molecule has 0 bridgehead atoms. The molecular weight excluding hydrogens is 271 g/mol. The quantitative estimate of drug-likeness (QED) is 0.645. The Morgan fingerprint density at radius 2 is 2.00 bits per heavy atom. The van der Waals surface area contributed by atoms with Gasteiger partial charge in [-0.05, 0) is 31.1 Å². The van der Waals surface area contributed by atoms with Crippen molar-refractivity contribution in [3.05, 3.63) is 35.5 Å². The summed E-state index contributed by atoms with van der Waals surface area (Å²) in [7, 11) is -2.85. The normalized spacial score (nSPS) is 19.1. The fourth-order valence-electron chi connectivity index (χ4n) is 2.87. The minimum Gasteiger partial charge on any atom is -0.398 e. The van der Waals surface area contributed by atoms with Crippen molar-refractivity contribution in [2.24, 2.45) is 0 Å². The number of carbonyl (C=O) groups excluding carboxylic acids is 1. The van der Waals surface area contributed by atoms with Gasteiger partial charge in [0.15, 0.2) is 5.78 Å². The molecule has 1 unspecified atom stereocenters. The molecule has 0 saturated heterocycles. The van der Waals surface area contributed by atoms with E-state index in [1.165, 1.54) is 0 Å². The van der Waals surface area contributed by atoms with Gasteiger partial charge in [-0.1, -0.05) is 18.2 Å². The number of carbonyl (C=O) groups is 1. The molecule has 20 heavy (non-hydrogen) atoms. The number of hydrogen-bond donors (Lipinski definition) is 1. The van der Waals surface area contributed by atoms with Gasteiger partial charge in [-0.3, -0.25) is 9.78 Å². The summed E-state index contributed by atoms with van der Waals surface area (Å²) in [4.78, 5) is 16.9. The Balaban J connectivity index is 2.20. The number of aromatic nitrogens is 1. The molecular formula is C15H17FN2OSi. The molecule has 3 rings (SSSR count). The first-order chi connectivity index (χ1) is 9.38. The maximum Gasteiger partial charge on any atom is 0.244 e. The van der Waals surface area contributed by atoms with E-state index >= 15 is 0 Å². The van der Waals surface area contributed by atoms with Gasteiger partial charge in [-0.25, -0.2) is 0 Å². The van der Waals surface area contributed by atoms with Crippen LogP contribution < -0.4 is 5.73 Å². The highest BCUT2D eigenvalue weighted by atomic mass is 28.4. The number of hydrogen-bond acceptors (Lipinski definition) is 3. The molecule has 3 nitrogen and oxygen atoms in total. The number of fused-ring (bicyclic) bond motifs is 2. The number of nitrogens with two attached hydrogens (primary N) is 1. The smallest absolute Gasteiger partial charge is 0.244 e. The maximum absolute atomic E-state index is 14.3. The van der Waals surface area contributed by atoms with E-state index in [-0.39, 0.29) is 17.7 Å². The van der Waals surface area contributed by atoms with Gasteiger partial charge >= 0.3 is 0 Å². The second-order valence-electron chi connectivity index (χ2n) is 5.96. The second-order valence-corrected chi connectivity index (χ2v) is 9.90. The summed E-state index contributed by atoms with van der Waals surface area (Å²) in [6, 6.07) is 7.50. The highest BCUT2D eigenvalue weighted by molar-refractivity contribution is 6.72. The number of rotatable bonds is 1. The lowest BCUT2D eigenvalue weighted by atomic mass is 9.91. The van der Waals surface area contributed by atoms with E-state index in [0.29, 0.717) is 23.4 Å². The number of nitrogen functional groups attached to an aromatic ring is 1. The van der Waals surface area contributed by atoms with Crippen molar-refractivity contribution in [2.75, 3.05) is 5.73 Å². The summed E-state index contributed by atoms with van der Waals surface area (Å²) in [5.41, 5.74) is 8.39. The van der Waals surface area contributed by atoms with Gasteiger partial charge in [0, 0.05) is 11.8 Å². The van der Waals surface area contributed by atoms with Crippen LogP contribution in [0.1, 0.15) is 22.5 Å². The van der Waals surface area contributed by atoms with Crippen LogP contribution in [-0.4, -0.2) is 19.2 Å². The van der Waals surface area contributed by atoms with Crippen molar-refractivity contribution in [3.63, 3.8) is 0 Å². The zero-order chi connectivity index (χ0) is 14.5. The van der Waals surface area contributed by atoms with Crippen LogP contribution in [0.5, 0.6) is 0 Å². The molecule has 0 saturated carbocycles. The molecule has 5 heteroatoms. The van der Waals surface area contributed by atoms with Gasteiger partial charge in [0.1, 0.15) is 0 Å². The third kappa shape index (κ3) is 2.02. The molecule has 104 valence electrons. The first-order valence-corrected chi connectivity index (χ1v) is 9.72. The number of benzene rings is 1. The van der Waals surface area contributed by atoms with Crippen molar-refractivity contribution in [1.82, 2.24) is 4.98 Å². The Kier molecular flexibility index (Phi) is 2.90.